The predicted octanol–water partition coefficient (Wildman–Crippen LogP) is 1.66. The van der Waals surface area contributed by atoms with Gasteiger partial charge >= 0.3 is 0 Å². The zero-order chi connectivity index (χ0) is 11.2. The summed E-state index contributed by atoms with van der Waals surface area (Å²) in [6.45, 7) is 3.24. The lowest BCUT2D eigenvalue weighted by Crippen LogP contribution is -2.34. The lowest BCUT2D eigenvalue weighted by molar-refractivity contribution is 0.104. The summed E-state index contributed by atoms with van der Waals surface area (Å²) < 4.78 is 5.60. The van der Waals surface area contributed by atoms with Crippen molar-refractivity contribution < 1.29 is 4.74 Å². The molecule has 1 heterocycles. The minimum absolute atomic E-state index is 0.457. The highest BCUT2D eigenvalue weighted by Crippen LogP contribution is 2.22. The van der Waals surface area contributed by atoms with Crippen molar-refractivity contribution in [2.24, 2.45) is 11.7 Å². The van der Waals surface area contributed by atoms with Crippen LogP contribution in [0.15, 0.2) is 0 Å². The maximum Gasteiger partial charge on any atom is 0.0588 e. The molecule has 3 heteroatoms. The number of ether oxygens (including phenoxy) is 1. The molecule has 3 N–H and O–H groups in total. The molecule has 0 spiro atoms. The summed E-state index contributed by atoms with van der Waals surface area (Å²) in [6, 6.07) is 0.457. The first-order chi connectivity index (χ1) is 7.84. The van der Waals surface area contributed by atoms with Crippen molar-refractivity contribution in [3.05, 3.63) is 0 Å². The predicted molar refractivity (Wildman–Crippen MR) is 66.4 cm³/mol. The van der Waals surface area contributed by atoms with E-state index in [9.17, 15) is 0 Å². The third-order valence-corrected chi connectivity index (χ3v) is 3.92. The van der Waals surface area contributed by atoms with Crippen molar-refractivity contribution in [3.63, 3.8) is 0 Å². The van der Waals surface area contributed by atoms with Crippen LogP contribution >= 0.6 is 0 Å². The number of hydrogen-bond donors (Lipinski definition) is 2. The molecule has 2 fully saturated rings. The average Bonchev–Trinajstić information content (AvgIpc) is 2.77. The van der Waals surface area contributed by atoms with Gasteiger partial charge in [0.05, 0.1) is 6.10 Å². The Hall–Kier alpha value is -0.120. The molecule has 94 valence electrons. The van der Waals surface area contributed by atoms with Gasteiger partial charge in [-0.15, -0.1) is 0 Å². The zero-order valence-corrected chi connectivity index (χ0v) is 10.3. The van der Waals surface area contributed by atoms with Crippen molar-refractivity contribution in [1.82, 2.24) is 5.32 Å². The minimum Gasteiger partial charge on any atom is -0.378 e. The Balaban J connectivity index is 1.50. The molecule has 3 atom stereocenters. The van der Waals surface area contributed by atoms with Crippen molar-refractivity contribution >= 4 is 0 Å². The number of nitrogens with one attached hydrogen (secondary N) is 1. The van der Waals surface area contributed by atoms with Gasteiger partial charge in [0.2, 0.25) is 0 Å². The maximum atomic E-state index is 5.98. The summed E-state index contributed by atoms with van der Waals surface area (Å²) in [5.41, 5.74) is 5.98. The summed E-state index contributed by atoms with van der Waals surface area (Å²) in [7, 11) is 0. The van der Waals surface area contributed by atoms with Crippen molar-refractivity contribution in [2.45, 2.75) is 57.1 Å². The molecule has 0 bridgehead atoms. The second-order valence-corrected chi connectivity index (χ2v) is 5.42. The Morgan fingerprint density at radius 2 is 2.12 bits per heavy atom. The first-order valence-corrected chi connectivity index (χ1v) is 6.92. The van der Waals surface area contributed by atoms with Crippen LogP contribution in [0.2, 0.25) is 0 Å². The average molecular weight is 226 g/mol. The molecule has 1 aliphatic carbocycles. The quantitative estimate of drug-likeness (QED) is 0.701. The van der Waals surface area contributed by atoms with E-state index < -0.39 is 0 Å². The monoisotopic (exact) mass is 226 g/mol. The van der Waals surface area contributed by atoms with Crippen molar-refractivity contribution in [1.29, 1.82) is 0 Å². The molecule has 0 aromatic heterocycles. The van der Waals surface area contributed by atoms with Crippen LogP contribution in [0.1, 0.15) is 44.9 Å². The smallest absolute Gasteiger partial charge is 0.0588 e. The van der Waals surface area contributed by atoms with E-state index in [2.05, 4.69) is 5.32 Å². The molecule has 1 aliphatic heterocycles. The van der Waals surface area contributed by atoms with E-state index in [-0.39, 0.29) is 0 Å². The molecule has 0 amide bonds. The van der Waals surface area contributed by atoms with Crippen LogP contribution in [-0.2, 0) is 4.74 Å². The van der Waals surface area contributed by atoms with Crippen molar-refractivity contribution in [2.75, 3.05) is 19.7 Å². The Kier molecular flexibility index (Phi) is 5.07. The molecule has 2 aliphatic rings. The van der Waals surface area contributed by atoms with Crippen LogP contribution in [0.5, 0.6) is 0 Å². The fraction of sp³-hybridized carbons (Fsp3) is 1.00. The van der Waals surface area contributed by atoms with Gasteiger partial charge in [-0.2, -0.15) is 0 Å². The second kappa shape index (κ2) is 6.58. The molecular weight excluding hydrogens is 200 g/mol. The van der Waals surface area contributed by atoms with Gasteiger partial charge in [0.1, 0.15) is 0 Å². The highest BCUT2D eigenvalue weighted by atomic mass is 16.5. The third kappa shape index (κ3) is 4.04. The molecule has 3 nitrogen and oxygen atoms in total. The van der Waals surface area contributed by atoms with Crippen LogP contribution < -0.4 is 11.1 Å². The maximum absolute atomic E-state index is 5.98. The highest BCUT2D eigenvalue weighted by molar-refractivity contribution is 4.76. The van der Waals surface area contributed by atoms with Gasteiger partial charge in [0, 0.05) is 12.6 Å². The Labute approximate surface area is 99.1 Å². The standard InChI is InChI=1S/C13H26N2O/c14-12-4-1-3-11(9-12)10-15-7-6-13-5-2-8-16-13/h11-13,15H,1-10,14H2. The van der Waals surface area contributed by atoms with Crippen LogP contribution in [0, 0.1) is 5.92 Å². The molecule has 3 unspecified atom stereocenters. The van der Waals surface area contributed by atoms with E-state index in [0.29, 0.717) is 12.1 Å². The SMILES string of the molecule is NC1CCCC(CNCCC2CCCO2)C1. The first kappa shape index (κ1) is 12.3. The normalized spacial score (nSPS) is 35.4. The van der Waals surface area contributed by atoms with Gasteiger partial charge in [-0.05, 0) is 57.5 Å². The minimum atomic E-state index is 0.457. The largest absolute Gasteiger partial charge is 0.378 e. The number of rotatable bonds is 5. The fourth-order valence-corrected chi connectivity index (χ4v) is 2.96. The highest BCUT2D eigenvalue weighted by Gasteiger charge is 2.19. The molecule has 2 rings (SSSR count). The van der Waals surface area contributed by atoms with Crippen LogP contribution in [0.3, 0.4) is 0 Å². The topological polar surface area (TPSA) is 47.3 Å². The number of nitrogens with two attached hydrogens (primary N) is 1. The van der Waals surface area contributed by atoms with E-state index in [1.54, 1.807) is 0 Å². The molecule has 0 aromatic carbocycles. The fourth-order valence-electron chi connectivity index (χ4n) is 2.96. The molecule has 16 heavy (non-hydrogen) atoms. The lowest BCUT2D eigenvalue weighted by atomic mass is 9.86. The molecule has 1 saturated heterocycles. The summed E-state index contributed by atoms with van der Waals surface area (Å²) >= 11 is 0. The second-order valence-electron chi connectivity index (χ2n) is 5.42. The summed E-state index contributed by atoms with van der Waals surface area (Å²) in [5.74, 6) is 0.813. The van der Waals surface area contributed by atoms with Gasteiger partial charge in [0.15, 0.2) is 0 Å². The first-order valence-electron chi connectivity index (χ1n) is 6.92. The van der Waals surface area contributed by atoms with Gasteiger partial charge < -0.3 is 15.8 Å². The zero-order valence-electron chi connectivity index (χ0n) is 10.3. The third-order valence-electron chi connectivity index (χ3n) is 3.92. The van der Waals surface area contributed by atoms with Gasteiger partial charge in [0.25, 0.3) is 0 Å². The lowest BCUT2D eigenvalue weighted by Gasteiger charge is -2.26. The summed E-state index contributed by atoms with van der Waals surface area (Å²) in [6.07, 6.45) is 9.34. The van der Waals surface area contributed by atoms with Crippen molar-refractivity contribution in [3.8, 4) is 0 Å². The van der Waals surface area contributed by atoms with E-state index in [1.165, 1.54) is 44.9 Å². The van der Waals surface area contributed by atoms with Crippen LogP contribution in [-0.4, -0.2) is 31.8 Å². The molecule has 0 aromatic rings. The van der Waals surface area contributed by atoms with Gasteiger partial charge in [-0.25, -0.2) is 0 Å². The number of hydrogen-bond acceptors (Lipinski definition) is 3. The molecular formula is C13H26N2O. The van der Waals surface area contributed by atoms with Crippen LogP contribution in [0.4, 0.5) is 0 Å². The Morgan fingerprint density at radius 3 is 2.88 bits per heavy atom. The van der Waals surface area contributed by atoms with E-state index >= 15 is 0 Å². The Bertz CT molecular complexity index is 192. The van der Waals surface area contributed by atoms with Crippen LogP contribution in [0.25, 0.3) is 0 Å². The molecule has 0 radical (unpaired) electrons. The van der Waals surface area contributed by atoms with Gasteiger partial charge in [-0.3, -0.25) is 0 Å². The summed E-state index contributed by atoms with van der Waals surface area (Å²) in [5, 5.41) is 3.57. The van der Waals surface area contributed by atoms with E-state index in [4.69, 9.17) is 10.5 Å². The van der Waals surface area contributed by atoms with E-state index in [0.717, 1.165) is 25.6 Å². The Morgan fingerprint density at radius 1 is 1.19 bits per heavy atom. The van der Waals surface area contributed by atoms with Gasteiger partial charge in [-0.1, -0.05) is 6.42 Å². The summed E-state index contributed by atoms with van der Waals surface area (Å²) in [4.78, 5) is 0. The van der Waals surface area contributed by atoms with E-state index in [1.807, 2.05) is 0 Å². The molecule has 1 saturated carbocycles.